The van der Waals surface area contributed by atoms with Gasteiger partial charge in [-0.2, -0.15) is 0 Å². The quantitative estimate of drug-likeness (QED) is 0.255. The van der Waals surface area contributed by atoms with Crippen LogP contribution in [0, 0.1) is 5.82 Å². The van der Waals surface area contributed by atoms with E-state index < -0.39 is 5.82 Å². The number of halogens is 2. The van der Waals surface area contributed by atoms with Crippen LogP contribution in [0.4, 0.5) is 10.1 Å². The van der Waals surface area contributed by atoms with E-state index in [0.717, 1.165) is 5.69 Å². The van der Waals surface area contributed by atoms with Crippen molar-refractivity contribution in [2.75, 3.05) is 0 Å². The lowest BCUT2D eigenvalue weighted by Gasteiger charge is -2.03. The predicted octanol–water partition coefficient (Wildman–Crippen LogP) is 3.04. The minimum atomic E-state index is -0.411. The molecule has 3 N–H and O–H groups in total. The number of H-pyrrole nitrogens is 1. The third-order valence-electron chi connectivity index (χ3n) is 2.85. The Morgan fingerprint density at radius 3 is 3.04 bits per heavy atom. The Kier molecular flexibility index (Phi) is 5.23. The van der Waals surface area contributed by atoms with Gasteiger partial charge < -0.3 is 4.98 Å². The van der Waals surface area contributed by atoms with Gasteiger partial charge in [0.15, 0.2) is 16.6 Å². The smallest absolute Gasteiger partial charge is 0.186 e. The zero-order chi connectivity index (χ0) is 16.9. The molecule has 0 aliphatic carbocycles. The first-order chi connectivity index (χ1) is 11.7. The standard InChI is InChI=1S/C13H10BrFN6O2S/c14-9-3-7(1-2-10(9)15)18-12(19-22)11-13(21-23-20-11)24-5-8-4-16-6-17-8/h1-4,6,22H,5H2,(H,16,17)(H,18,19). The second kappa shape index (κ2) is 7.55. The number of rotatable bonds is 5. The SMILES string of the molecule is ONC(=Nc1ccc(F)c(Br)c1)c1nonc1SCc1cnc[nH]1. The predicted molar refractivity (Wildman–Crippen MR) is 87.7 cm³/mol. The second-order valence-electron chi connectivity index (χ2n) is 4.45. The summed E-state index contributed by atoms with van der Waals surface area (Å²) in [4.78, 5) is 11.1. The summed E-state index contributed by atoms with van der Waals surface area (Å²) in [5.74, 6) is 0.176. The molecule has 8 nitrogen and oxygen atoms in total. The largest absolute Gasteiger partial charge is 0.348 e. The minimum Gasteiger partial charge on any atom is -0.348 e. The first-order valence-electron chi connectivity index (χ1n) is 6.54. The van der Waals surface area contributed by atoms with E-state index in [-0.39, 0.29) is 16.0 Å². The van der Waals surface area contributed by atoms with Crippen LogP contribution >= 0.6 is 27.7 Å². The Balaban J connectivity index is 1.84. The number of hydroxylamine groups is 1. The van der Waals surface area contributed by atoms with Crippen LogP contribution in [0.3, 0.4) is 0 Å². The van der Waals surface area contributed by atoms with Gasteiger partial charge in [0.1, 0.15) is 5.82 Å². The van der Waals surface area contributed by atoms with E-state index in [4.69, 9.17) is 4.63 Å². The van der Waals surface area contributed by atoms with Crippen LogP contribution < -0.4 is 5.48 Å². The third kappa shape index (κ3) is 3.80. The Morgan fingerprint density at radius 2 is 2.33 bits per heavy atom. The molecule has 0 atom stereocenters. The van der Waals surface area contributed by atoms with Gasteiger partial charge in [-0.05, 0) is 44.4 Å². The number of imidazole rings is 1. The molecule has 24 heavy (non-hydrogen) atoms. The maximum Gasteiger partial charge on any atom is 0.186 e. The number of thioether (sulfide) groups is 1. The monoisotopic (exact) mass is 412 g/mol. The van der Waals surface area contributed by atoms with Gasteiger partial charge in [-0.25, -0.2) is 19.0 Å². The van der Waals surface area contributed by atoms with Crippen LogP contribution in [-0.4, -0.2) is 31.3 Å². The fraction of sp³-hybridized carbons (Fsp3) is 0.0769. The van der Waals surface area contributed by atoms with Gasteiger partial charge in [-0.15, -0.1) is 0 Å². The molecule has 0 saturated carbocycles. The highest BCUT2D eigenvalue weighted by molar-refractivity contribution is 9.10. The van der Waals surface area contributed by atoms with Gasteiger partial charge in [0.25, 0.3) is 0 Å². The van der Waals surface area contributed by atoms with Crippen molar-refractivity contribution in [1.82, 2.24) is 25.8 Å². The zero-order valence-corrected chi connectivity index (χ0v) is 14.3. The molecule has 2 aromatic heterocycles. The van der Waals surface area contributed by atoms with E-state index in [9.17, 15) is 9.60 Å². The fourth-order valence-electron chi connectivity index (χ4n) is 1.74. The van der Waals surface area contributed by atoms with Crippen molar-refractivity contribution in [3.8, 4) is 0 Å². The normalized spacial score (nSPS) is 11.7. The van der Waals surface area contributed by atoms with E-state index >= 15 is 0 Å². The molecule has 0 aliphatic rings. The molecule has 3 rings (SSSR count). The number of hydrogen-bond acceptors (Lipinski definition) is 7. The van der Waals surface area contributed by atoms with E-state index in [1.54, 1.807) is 12.5 Å². The van der Waals surface area contributed by atoms with E-state index in [1.807, 2.05) is 5.48 Å². The number of benzene rings is 1. The average Bonchev–Trinajstić information content (AvgIpc) is 3.25. The lowest BCUT2D eigenvalue weighted by atomic mass is 10.3. The molecule has 0 saturated heterocycles. The van der Waals surface area contributed by atoms with Gasteiger partial charge in [0.2, 0.25) is 0 Å². The summed E-state index contributed by atoms with van der Waals surface area (Å²) in [6.07, 6.45) is 3.27. The molecule has 0 amide bonds. The fourth-order valence-corrected chi connectivity index (χ4v) is 2.92. The lowest BCUT2D eigenvalue weighted by molar-refractivity contribution is 0.234. The Hall–Kier alpha value is -2.24. The molecule has 0 aliphatic heterocycles. The highest BCUT2D eigenvalue weighted by atomic mass is 79.9. The number of amidine groups is 1. The van der Waals surface area contributed by atoms with Crippen LogP contribution in [0.15, 0.2) is 49.8 Å². The molecular formula is C13H10BrFN6O2S. The van der Waals surface area contributed by atoms with Gasteiger partial charge in [-0.1, -0.05) is 11.8 Å². The summed E-state index contributed by atoms with van der Waals surface area (Å²) in [5.41, 5.74) is 3.51. The number of nitrogens with one attached hydrogen (secondary N) is 2. The molecule has 1 aromatic carbocycles. The summed E-state index contributed by atoms with van der Waals surface area (Å²) >= 11 is 4.41. The van der Waals surface area contributed by atoms with Gasteiger partial charge >= 0.3 is 0 Å². The van der Waals surface area contributed by atoms with Crippen LogP contribution in [0.2, 0.25) is 0 Å². The maximum absolute atomic E-state index is 13.3. The minimum absolute atomic E-state index is 0.0295. The van der Waals surface area contributed by atoms with E-state index in [1.165, 1.54) is 30.0 Å². The summed E-state index contributed by atoms with van der Waals surface area (Å²) < 4.78 is 18.3. The van der Waals surface area contributed by atoms with Crippen molar-refractivity contribution in [3.05, 3.63) is 52.4 Å². The van der Waals surface area contributed by atoms with Crippen LogP contribution in [0.25, 0.3) is 0 Å². The Morgan fingerprint density at radius 1 is 1.46 bits per heavy atom. The van der Waals surface area contributed by atoms with Gasteiger partial charge in [0.05, 0.1) is 16.5 Å². The topological polar surface area (TPSA) is 112 Å². The molecule has 124 valence electrons. The first-order valence-corrected chi connectivity index (χ1v) is 8.32. The lowest BCUT2D eigenvalue weighted by Crippen LogP contribution is -2.21. The number of aromatic amines is 1. The highest BCUT2D eigenvalue weighted by Crippen LogP contribution is 2.25. The summed E-state index contributed by atoms with van der Waals surface area (Å²) in [7, 11) is 0. The summed E-state index contributed by atoms with van der Waals surface area (Å²) in [6, 6.07) is 4.19. The summed E-state index contributed by atoms with van der Waals surface area (Å²) in [6.45, 7) is 0. The number of nitrogens with zero attached hydrogens (tertiary/aromatic N) is 4. The molecule has 0 spiro atoms. The molecule has 0 fully saturated rings. The molecule has 3 aromatic rings. The average molecular weight is 413 g/mol. The molecule has 2 heterocycles. The summed E-state index contributed by atoms with van der Waals surface area (Å²) in [5, 5.41) is 17.3. The Bertz CT molecular complexity index is 854. The maximum atomic E-state index is 13.3. The molecule has 11 heteroatoms. The molecule has 0 radical (unpaired) electrons. The molecule has 0 bridgehead atoms. The zero-order valence-electron chi connectivity index (χ0n) is 11.9. The molecular weight excluding hydrogens is 403 g/mol. The van der Waals surface area contributed by atoms with E-state index in [0.29, 0.717) is 16.5 Å². The van der Waals surface area contributed by atoms with E-state index in [2.05, 4.69) is 41.2 Å². The number of hydrogen-bond donors (Lipinski definition) is 3. The van der Waals surface area contributed by atoms with Gasteiger partial charge in [0, 0.05) is 17.6 Å². The van der Waals surface area contributed by atoms with Gasteiger partial charge in [-0.3, -0.25) is 10.7 Å². The molecule has 0 unspecified atom stereocenters. The van der Waals surface area contributed by atoms with Crippen LogP contribution in [0.1, 0.15) is 11.4 Å². The van der Waals surface area contributed by atoms with Crippen LogP contribution in [-0.2, 0) is 5.75 Å². The number of aromatic nitrogens is 4. The third-order valence-corrected chi connectivity index (χ3v) is 4.46. The van der Waals surface area contributed by atoms with Crippen molar-refractivity contribution >= 4 is 39.2 Å². The highest BCUT2D eigenvalue weighted by Gasteiger charge is 2.17. The number of aliphatic imine (C=N–C) groups is 1. The van der Waals surface area contributed by atoms with Crippen molar-refractivity contribution in [2.45, 2.75) is 10.8 Å². The van der Waals surface area contributed by atoms with Crippen LogP contribution in [0.5, 0.6) is 0 Å². The van der Waals surface area contributed by atoms with Crippen molar-refractivity contribution in [2.24, 2.45) is 4.99 Å². The first kappa shape index (κ1) is 16.6. The van der Waals surface area contributed by atoms with Crippen molar-refractivity contribution in [1.29, 1.82) is 0 Å². The van der Waals surface area contributed by atoms with Crippen molar-refractivity contribution < 1.29 is 14.2 Å². The Labute approximate surface area is 147 Å². The second-order valence-corrected chi connectivity index (χ2v) is 6.27. The van der Waals surface area contributed by atoms with Crippen molar-refractivity contribution in [3.63, 3.8) is 0 Å².